The van der Waals surface area contributed by atoms with Gasteiger partial charge >= 0.3 is 5.82 Å². The van der Waals surface area contributed by atoms with Crippen molar-refractivity contribution in [3.8, 4) is 5.75 Å². The molecule has 24 heavy (non-hydrogen) atoms. The van der Waals surface area contributed by atoms with E-state index in [1.54, 1.807) is 18.2 Å². The van der Waals surface area contributed by atoms with Gasteiger partial charge in [0.15, 0.2) is 10.1 Å². The maximum absolute atomic E-state index is 10.8. The summed E-state index contributed by atoms with van der Waals surface area (Å²) < 4.78 is 6.71. The number of aromatic nitrogens is 2. The molecule has 0 atom stereocenters. The SMILES string of the molecule is COc1cc(C=NNC(N)=S)ccc1Cn1cc(Cl)c([N+](=O)[O-])n1. The number of rotatable bonds is 6. The second kappa shape index (κ2) is 7.70. The number of hydrogen-bond donors (Lipinski definition) is 2. The van der Waals surface area contributed by atoms with Gasteiger partial charge in [0.1, 0.15) is 5.75 Å². The molecule has 11 heteroatoms. The summed E-state index contributed by atoms with van der Waals surface area (Å²) in [6.07, 6.45) is 2.92. The predicted octanol–water partition coefficient (Wildman–Crippen LogP) is 1.67. The minimum absolute atomic E-state index is 0.0217. The van der Waals surface area contributed by atoms with Crippen molar-refractivity contribution in [2.45, 2.75) is 6.54 Å². The van der Waals surface area contributed by atoms with E-state index >= 15 is 0 Å². The van der Waals surface area contributed by atoms with E-state index < -0.39 is 4.92 Å². The zero-order valence-electron chi connectivity index (χ0n) is 12.5. The predicted molar refractivity (Wildman–Crippen MR) is 93.5 cm³/mol. The molecule has 0 saturated carbocycles. The number of benzene rings is 1. The molecule has 3 N–H and O–H groups in total. The van der Waals surface area contributed by atoms with Crippen molar-refractivity contribution >= 4 is 41.0 Å². The van der Waals surface area contributed by atoms with Crippen LogP contribution in [0.5, 0.6) is 5.75 Å². The van der Waals surface area contributed by atoms with E-state index in [2.05, 4.69) is 27.8 Å². The Balaban J connectivity index is 2.21. The number of nitrogens with zero attached hydrogens (tertiary/aromatic N) is 4. The maximum atomic E-state index is 10.8. The lowest BCUT2D eigenvalue weighted by Gasteiger charge is -2.08. The number of hydrogen-bond acceptors (Lipinski definition) is 6. The number of thiocarbonyl (C=S) groups is 1. The van der Waals surface area contributed by atoms with Gasteiger partial charge in [0.25, 0.3) is 0 Å². The fraction of sp³-hybridized carbons (Fsp3) is 0.154. The average Bonchev–Trinajstić information content (AvgIpc) is 2.89. The summed E-state index contributed by atoms with van der Waals surface area (Å²) in [5, 5.41) is 18.5. The van der Waals surface area contributed by atoms with E-state index in [9.17, 15) is 10.1 Å². The molecule has 1 aromatic carbocycles. The number of nitro groups is 1. The minimum atomic E-state index is -0.634. The molecule has 0 spiro atoms. The van der Waals surface area contributed by atoms with Crippen LogP contribution in [0.4, 0.5) is 5.82 Å². The van der Waals surface area contributed by atoms with E-state index in [1.807, 2.05) is 0 Å². The molecule has 0 aliphatic heterocycles. The number of nitrogens with two attached hydrogens (primary N) is 1. The molecule has 1 heterocycles. The molecule has 0 aliphatic rings. The van der Waals surface area contributed by atoms with Crippen molar-refractivity contribution in [1.82, 2.24) is 15.2 Å². The van der Waals surface area contributed by atoms with Crippen molar-refractivity contribution in [2.24, 2.45) is 10.8 Å². The van der Waals surface area contributed by atoms with Crippen molar-refractivity contribution in [1.29, 1.82) is 0 Å². The Kier molecular flexibility index (Phi) is 5.66. The van der Waals surface area contributed by atoms with Crippen LogP contribution in [-0.4, -0.2) is 33.1 Å². The lowest BCUT2D eigenvalue weighted by molar-refractivity contribution is -0.389. The molecule has 0 aliphatic carbocycles. The van der Waals surface area contributed by atoms with Gasteiger partial charge in [-0.15, -0.1) is 0 Å². The average molecular weight is 369 g/mol. The summed E-state index contributed by atoms with van der Waals surface area (Å²) >= 11 is 10.4. The molecule has 2 aromatic rings. The van der Waals surface area contributed by atoms with Gasteiger partial charge in [-0.2, -0.15) is 9.78 Å². The first-order chi connectivity index (χ1) is 11.4. The molecule has 0 amide bonds. The van der Waals surface area contributed by atoms with Gasteiger partial charge in [-0.25, -0.2) is 0 Å². The van der Waals surface area contributed by atoms with Crippen molar-refractivity contribution < 1.29 is 9.66 Å². The largest absolute Gasteiger partial charge is 0.496 e. The van der Waals surface area contributed by atoms with Crippen LogP contribution in [-0.2, 0) is 6.54 Å². The van der Waals surface area contributed by atoms with Crippen molar-refractivity contribution in [3.63, 3.8) is 0 Å². The Labute approximate surface area is 147 Å². The Bertz CT molecular complexity index is 807. The van der Waals surface area contributed by atoms with Crippen molar-refractivity contribution in [3.05, 3.63) is 50.7 Å². The lowest BCUT2D eigenvalue weighted by atomic mass is 10.1. The minimum Gasteiger partial charge on any atom is -0.496 e. The first-order valence-corrected chi connectivity index (χ1v) is 7.32. The van der Waals surface area contributed by atoms with Crippen LogP contribution in [0.1, 0.15) is 11.1 Å². The van der Waals surface area contributed by atoms with E-state index in [1.165, 1.54) is 24.2 Å². The highest BCUT2D eigenvalue weighted by molar-refractivity contribution is 7.80. The summed E-state index contributed by atoms with van der Waals surface area (Å²) in [4.78, 5) is 10.2. The van der Waals surface area contributed by atoms with E-state index in [0.717, 1.165) is 11.1 Å². The summed E-state index contributed by atoms with van der Waals surface area (Å²) in [5.41, 5.74) is 9.25. The first kappa shape index (κ1) is 17.6. The molecule has 2 rings (SSSR count). The fourth-order valence-electron chi connectivity index (χ4n) is 1.91. The highest BCUT2D eigenvalue weighted by Gasteiger charge is 2.19. The van der Waals surface area contributed by atoms with Gasteiger partial charge in [0.2, 0.25) is 0 Å². The molecule has 9 nitrogen and oxygen atoms in total. The van der Waals surface area contributed by atoms with Gasteiger partial charge in [0, 0.05) is 5.56 Å². The number of ether oxygens (including phenoxy) is 1. The molecular weight excluding hydrogens is 356 g/mol. The second-order valence-corrected chi connectivity index (χ2v) is 5.41. The number of nitrogens with one attached hydrogen (secondary N) is 1. The van der Waals surface area contributed by atoms with Gasteiger partial charge in [-0.05, 0) is 28.8 Å². The zero-order valence-corrected chi connectivity index (χ0v) is 14.0. The summed E-state index contributed by atoms with van der Waals surface area (Å²) in [6.45, 7) is 0.263. The van der Waals surface area contributed by atoms with E-state index in [4.69, 9.17) is 22.1 Å². The van der Waals surface area contributed by atoms with E-state index in [-0.39, 0.29) is 22.5 Å². The van der Waals surface area contributed by atoms with Gasteiger partial charge in [-0.3, -0.25) is 5.43 Å². The number of hydrazone groups is 1. The molecule has 0 bridgehead atoms. The summed E-state index contributed by atoms with van der Waals surface area (Å²) in [5.74, 6) is 0.187. The maximum Gasteiger partial charge on any atom is 0.408 e. The van der Waals surface area contributed by atoms with Crippen LogP contribution in [0, 0.1) is 10.1 Å². The Morgan fingerprint density at radius 3 is 3.00 bits per heavy atom. The zero-order chi connectivity index (χ0) is 17.7. The quantitative estimate of drug-likeness (QED) is 0.344. The molecular formula is C13H13ClN6O3S. The van der Waals surface area contributed by atoms with Gasteiger partial charge in [0.05, 0.1) is 31.2 Å². The summed E-state index contributed by atoms with van der Waals surface area (Å²) in [6, 6.07) is 5.34. The standard InChI is InChI=1S/C13H13ClN6O3S/c1-23-11-4-8(5-16-17-13(15)24)2-3-9(11)6-19-7-10(14)12(18-19)20(21)22/h2-5,7H,6H2,1H3,(H3,15,17,24). The smallest absolute Gasteiger partial charge is 0.408 e. The van der Waals surface area contributed by atoms with Crippen LogP contribution in [0.2, 0.25) is 5.02 Å². The number of methoxy groups -OCH3 is 1. The summed E-state index contributed by atoms with van der Waals surface area (Å²) in [7, 11) is 1.52. The fourth-order valence-corrected chi connectivity index (χ4v) is 2.18. The third-order valence-corrected chi connectivity index (χ3v) is 3.26. The van der Waals surface area contributed by atoms with Gasteiger partial charge in [-0.1, -0.05) is 23.7 Å². The Morgan fingerprint density at radius 1 is 1.67 bits per heavy atom. The molecule has 126 valence electrons. The van der Waals surface area contributed by atoms with E-state index in [0.29, 0.717) is 5.75 Å². The Morgan fingerprint density at radius 2 is 2.42 bits per heavy atom. The van der Waals surface area contributed by atoms with Crippen LogP contribution in [0.25, 0.3) is 0 Å². The lowest BCUT2D eigenvalue weighted by Crippen LogP contribution is -2.23. The molecule has 1 aromatic heterocycles. The second-order valence-electron chi connectivity index (χ2n) is 4.56. The van der Waals surface area contributed by atoms with Crippen LogP contribution < -0.4 is 15.9 Å². The van der Waals surface area contributed by atoms with Crippen LogP contribution in [0.3, 0.4) is 0 Å². The van der Waals surface area contributed by atoms with Crippen LogP contribution in [0.15, 0.2) is 29.5 Å². The third kappa shape index (κ3) is 4.40. The highest BCUT2D eigenvalue weighted by atomic mass is 35.5. The molecule has 0 radical (unpaired) electrons. The number of halogens is 1. The van der Waals surface area contributed by atoms with Gasteiger partial charge < -0.3 is 20.6 Å². The Hall–Kier alpha value is -2.72. The van der Waals surface area contributed by atoms with Crippen LogP contribution >= 0.6 is 23.8 Å². The third-order valence-electron chi connectivity index (χ3n) is 2.90. The molecule has 0 fully saturated rings. The first-order valence-electron chi connectivity index (χ1n) is 6.53. The normalized spacial score (nSPS) is 10.8. The molecule has 0 unspecified atom stereocenters. The van der Waals surface area contributed by atoms with Crippen molar-refractivity contribution in [2.75, 3.05) is 7.11 Å². The molecule has 0 saturated heterocycles. The highest BCUT2D eigenvalue weighted by Crippen LogP contribution is 2.24. The monoisotopic (exact) mass is 368 g/mol. The topological polar surface area (TPSA) is 121 Å².